The predicted octanol–water partition coefficient (Wildman–Crippen LogP) is 2.80. The van der Waals surface area contributed by atoms with Crippen molar-refractivity contribution in [3.63, 3.8) is 0 Å². The predicted molar refractivity (Wildman–Crippen MR) is 134 cm³/mol. The highest BCUT2D eigenvalue weighted by atomic mass is 32.2. The van der Waals surface area contributed by atoms with Gasteiger partial charge in [0.1, 0.15) is 5.69 Å². The number of hydrogen-bond acceptors (Lipinski definition) is 7. The summed E-state index contributed by atoms with van der Waals surface area (Å²) in [4.78, 5) is 42.6. The molecule has 4 aromatic heterocycles. The molecule has 0 aliphatic rings. The van der Waals surface area contributed by atoms with E-state index in [0.717, 1.165) is 21.9 Å². The third kappa shape index (κ3) is 3.79. The molecule has 0 bridgehead atoms. The minimum atomic E-state index is -3.92. The number of nitrogens with one attached hydrogen (secondary N) is 2. The van der Waals surface area contributed by atoms with Crippen LogP contribution >= 0.6 is 22.7 Å². The molecular weight excluding hydrogens is 496 g/mol. The zero-order valence-corrected chi connectivity index (χ0v) is 20.4. The Morgan fingerprint density at radius 3 is 2.59 bits per heavy atom. The van der Waals surface area contributed by atoms with Crippen LogP contribution in [0.15, 0.2) is 55.4 Å². The minimum Gasteiger partial charge on any atom is -0.330 e. The highest BCUT2D eigenvalue weighted by Crippen LogP contribution is 2.31. The molecule has 0 radical (unpaired) electrons. The van der Waals surface area contributed by atoms with Crippen molar-refractivity contribution >= 4 is 60.4 Å². The van der Waals surface area contributed by atoms with Crippen LogP contribution in [-0.4, -0.2) is 34.7 Å². The van der Waals surface area contributed by atoms with E-state index in [1.807, 2.05) is 34.5 Å². The number of thiophene rings is 2. The standard InChI is InChI=1S/C22H18N4O5S3/c1-12-3-4-17-14(7-12)18(26-21(28)15-10-33-11-16(15)23-22(26)29)19(20(27)24-34(2,30)31)25(17)8-13-5-6-32-9-13/h3-7,9-11H,8H2,1-2H3,(H,23,29)(H,24,27). The van der Waals surface area contributed by atoms with Crippen LogP contribution in [0.5, 0.6) is 0 Å². The SMILES string of the molecule is Cc1ccc2c(c1)c(-n1c(=O)[nH]c3cscc3c1=O)c(C(=O)NS(C)(=O)=O)n2Cc1ccsc1. The maximum absolute atomic E-state index is 13.4. The molecule has 1 amide bonds. The highest BCUT2D eigenvalue weighted by molar-refractivity contribution is 7.89. The summed E-state index contributed by atoms with van der Waals surface area (Å²) in [6.07, 6.45) is 0.872. The monoisotopic (exact) mass is 514 g/mol. The number of benzene rings is 1. The molecule has 0 aliphatic heterocycles. The summed E-state index contributed by atoms with van der Waals surface area (Å²) in [6, 6.07) is 7.30. The number of aromatic amines is 1. The molecule has 0 fully saturated rings. The number of carbonyl (C=O) groups excluding carboxylic acids is 1. The third-order valence-corrected chi connectivity index (χ3v) is 7.40. The quantitative estimate of drug-likeness (QED) is 0.373. The van der Waals surface area contributed by atoms with E-state index in [2.05, 4.69) is 4.98 Å². The first-order valence-electron chi connectivity index (χ1n) is 10.0. The van der Waals surface area contributed by atoms with Gasteiger partial charge in [-0.25, -0.2) is 22.5 Å². The van der Waals surface area contributed by atoms with E-state index >= 15 is 0 Å². The number of fused-ring (bicyclic) bond motifs is 2. The number of amides is 1. The molecule has 5 rings (SSSR count). The van der Waals surface area contributed by atoms with Gasteiger partial charge >= 0.3 is 5.69 Å². The van der Waals surface area contributed by atoms with E-state index in [1.165, 1.54) is 22.7 Å². The summed E-state index contributed by atoms with van der Waals surface area (Å²) in [7, 11) is -3.92. The minimum absolute atomic E-state index is 0.0365. The largest absolute Gasteiger partial charge is 0.333 e. The van der Waals surface area contributed by atoms with Crippen molar-refractivity contribution in [3.05, 3.63) is 83.4 Å². The van der Waals surface area contributed by atoms with Crippen molar-refractivity contribution in [2.24, 2.45) is 0 Å². The summed E-state index contributed by atoms with van der Waals surface area (Å²) in [6.45, 7) is 2.09. The number of carbonyl (C=O) groups is 1. The second kappa shape index (κ2) is 8.08. The van der Waals surface area contributed by atoms with Gasteiger partial charge in [-0.1, -0.05) is 11.6 Å². The number of rotatable bonds is 5. The number of nitrogens with zero attached hydrogens (tertiary/aromatic N) is 2. The molecular formula is C22H18N4O5S3. The summed E-state index contributed by atoms with van der Waals surface area (Å²) in [5.74, 6) is -0.932. The Labute approximate surface area is 201 Å². The molecule has 0 saturated carbocycles. The Morgan fingerprint density at radius 1 is 1.09 bits per heavy atom. The fourth-order valence-corrected chi connectivity index (χ4v) is 5.85. The van der Waals surface area contributed by atoms with Crippen LogP contribution in [0.4, 0.5) is 0 Å². The second-order valence-corrected chi connectivity index (χ2v) is 11.2. The second-order valence-electron chi connectivity index (χ2n) is 7.91. The van der Waals surface area contributed by atoms with Crippen LogP contribution in [0.3, 0.4) is 0 Å². The first kappa shape index (κ1) is 22.3. The summed E-state index contributed by atoms with van der Waals surface area (Å²) < 4.78 is 28.5. The molecule has 0 atom stereocenters. The molecule has 0 spiro atoms. The maximum atomic E-state index is 13.4. The van der Waals surface area contributed by atoms with Gasteiger partial charge in [0.2, 0.25) is 10.0 Å². The molecule has 9 nitrogen and oxygen atoms in total. The molecule has 0 saturated heterocycles. The van der Waals surface area contributed by atoms with Crippen LogP contribution in [0, 0.1) is 6.92 Å². The number of sulfonamides is 1. The van der Waals surface area contributed by atoms with Crippen molar-refractivity contribution in [2.45, 2.75) is 13.5 Å². The van der Waals surface area contributed by atoms with E-state index in [-0.39, 0.29) is 17.9 Å². The van der Waals surface area contributed by atoms with E-state index in [0.29, 0.717) is 21.8 Å². The molecule has 12 heteroatoms. The Balaban J connectivity index is 1.94. The summed E-state index contributed by atoms with van der Waals surface area (Å²) >= 11 is 2.75. The van der Waals surface area contributed by atoms with Crippen molar-refractivity contribution in [1.29, 1.82) is 0 Å². The lowest BCUT2D eigenvalue weighted by atomic mass is 10.1. The van der Waals surface area contributed by atoms with Gasteiger partial charge in [-0.2, -0.15) is 11.3 Å². The molecule has 2 N–H and O–H groups in total. The average molecular weight is 515 g/mol. The Bertz CT molecular complexity index is 1800. The molecule has 0 unspecified atom stereocenters. The summed E-state index contributed by atoms with van der Waals surface area (Å²) in [5, 5.41) is 7.86. The molecule has 0 aliphatic carbocycles. The lowest BCUT2D eigenvalue weighted by Crippen LogP contribution is -2.37. The van der Waals surface area contributed by atoms with Crippen molar-refractivity contribution < 1.29 is 13.2 Å². The van der Waals surface area contributed by atoms with Gasteiger partial charge < -0.3 is 9.55 Å². The van der Waals surface area contributed by atoms with Crippen LogP contribution in [0.1, 0.15) is 21.6 Å². The number of aromatic nitrogens is 3. The van der Waals surface area contributed by atoms with Gasteiger partial charge in [0.05, 0.1) is 28.4 Å². The number of hydrogen-bond donors (Lipinski definition) is 2. The lowest BCUT2D eigenvalue weighted by molar-refractivity contribution is 0.0973. The fourth-order valence-electron chi connectivity index (χ4n) is 4.00. The van der Waals surface area contributed by atoms with Crippen LogP contribution < -0.4 is 16.0 Å². The van der Waals surface area contributed by atoms with Gasteiger partial charge in [0.15, 0.2) is 0 Å². The Kier molecular flexibility index (Phi) is 5.30. The Hall–Kier alpha value is -3.48. The molecule has 174 valence electrons. The third-order valence-electron chi connectivity index (χ3n) is 5.37. The van der Waals surface area contributed by atoms with E-state index in [9.17, 15) is 22.8 Å². The fraction of sp³-hybridized carbons (Fsp3) is 0.136. The lowest BCUT2D eigenvalue weighted by Gasteiger charge is -2.12. The molecule has 34 heavy (non-hydrogen) atoms. The van der Waals surface area contributed by atoms with Crippen LogP contribution in [0.2, 0.25) is 0 Å². The molecule has 5 aromatic rings. The topological polar surface area (TPSA) is 123 Å². The van der Waals surface area contributed by atoms with Gasteiger partial charge in [0.25, 0.3) is 11.5 Å². The normalized spacial score (nSPS) is 11.9. The molecule has 1 aromatic carbocycles. The zero-order chi connectivity index (χ0) is 24.2. The van der Waals surface area contributed by atoms with Crippen molar-refractivity contribution in [3.8, 4) is 5.69 Å². The van der Waals surface area contributed by atoms with Gasteiger partial charge in [-0.15, -0.1) is 11.3 Å². The van der Waals surface area contributed by atoms with Crippen LogP contribution in [0.25, 0.3) is 27.5 Å². The first-order valence-corrected chi connectivity index (χ1v) is 13.8. The van der Waals surface area contributed by atoms with Gasteiger partial charge in [-0.05, 0) is 41.4 Å². The summed E-state index contributed by atoms with van der Waals surface area (Å²) in [5.41, 5.74) is 1.34. The zero-order valence-electron chi connectivity index (χ0n) is 18.0. The first-order chi connectivity index (χ1) is 16.1. The number of H-pyrrole nitrogens is 1. The van der Waals surface area contributed by atoms with E-state index in [4.69, 9.17) is 0 Å². The highest BCUT2D eigenvalue weighted by Gasteiger charge is 2.28. The maximum Gasteiger partial charge on any atom is 0.333 e. The average Bonchev–Trinajstić information content (AvgIpc) is 3.47. The van der Waals surface area contributed by atoms with E-state index < -0.39 is 27.2 Å². The van der Waals surface area contributed by atoms with Gasteiger partial charge in [-0.3, -0.25) is 9.59 Å². The molecule has 4 heterocycles. The Morgan fingerprint density at radius 2 is 1.88 bits per heavy atom. The van der Waals surface area contributed by atoms with Crippen molar-refractivity contribution in [1.82, 2.24) is 18.8 Å². The smallest absolute Gasteiger partial charge is 0.330 e. The number of aryl methyl sites for hydroxylation is 1. The van der Waals surface area contributed by atoms with Gasteiger partial charge in [0, 0.05) is 22.7 Å². The van der Waals surface area contributed by atoms with E-state index in [1.54, 1.807) is 27.5 Å². The van der Waals surface area contributed by atoms with Crippen LogP contribution in [-0.2, 0) is 16.6 Å². The van der Waals surface area contributed by atoms with Crippen molar-refractivity contribution in [2.75, 3.05) is 6.26 Å².